The van der Waals surface area contributed by atoms with Gasteiger partial charge in [-0.2, -0.15) is 0 Å². The van der Waals surface area contributed by atoms with Gasteiger partial charge in [-0.05, 0) is 47.5 Å². The van der Waals surface area contributed by atoms with Gasteiger partial charge in [0, 0.05) is 25.7 Å². The molecule has 0 aromatic rings. The molecular formula is C16H32N2O3. The van der Waals surface area contributed by atoms with Gasteiger partial charge in [-0.15, -0.1) is 0 Å². The van der Waals surface area contributed by atoms with Crippen molar-refractivity contribution in [1.29, 1.82) is 0 Å². The number of nitrogens with one attached hydrogen (secondary N) is 1. The van der Waals surface area contributed by atoms with Gasteiger partial charge >= 0.3 is 6.09 Å². The third kappa shape index (κ3) is 7.67. The Balaban J connectivity index is 2.22. The molecule has 1 heterocycles. The van der Waals surface area contributed by atoms with Crippen LogP contribution >= 0.6 is 0 Å². The molecule has 5 heteroatoms. The largest absolute Gasteiger partial charge is 0.444 e. The van der Waals surface area contributed by atoms with Crippen LogP contribution in [-0.2, 0) is 9.47 Å². The Morgan fingerprint density at radius 2 is 1.95 bits per heavy atom. The summed E-state index contributed by atoms with van der Waals surface area (Å²) in [5.41, 5.74) is -0.490. The van der Waals surface area contributed by atoms with E-state index in [0.29, 0.717) is 0 Å². The molecule has 0 spiro atoms. The van der Waals surface area contributed by atoms with Crippen molar-refractivity contribution in [3.05, 3.63) is 0 Å². The lowest BCUT2D eigenvalue weighted by Crippen LogP contribution is -2.41. The summed E-state index contributed by atoms with van der Waals surface area (Å²) in [6.07, 6.45) is 1.66. The van der Waals surface area contributed by atoms with E-state index in [1.807, 2.05) is 20.8 Å². The van der Waals surface area contributed by atoms with Crippen molar-refractivity contribution in [2.45, 2.75) is 71.6 Å². The maximum atomic E-state index is 11.7. The molecule has 1 aliphatic heterocycles. The van der Waals surface area contributed by atoms with Crippen molar-refractivity contribution in [1.82, 2.24) is 10.2 Å². The van der Waals surface area contributed by atoms with Crippen molar-refractivity contribution in [2.75, 3.05) is 26.2 Å². The number of alkyl carbamates (subject to hydrolysis) is 1. The summed E-state index contributed by atoms with van der Waals surface area (Å²) in [6.45, 7) is 15.5. The molecule has 1 fully saturated rings. The number of rotatable bonds is 6. The predicted molar refractivity (Wildman–Crippen MR) is 84.5 cm³/mol. The highest BCUT2D eigenvalue weighted by Crippen LogP contribution is 2.15. The van der Waals surface area contributed by atoms with Crippen LogP contribution in [0, 0.1) is 0 Å². The van der Waals surface area contributed by atoms with E-state index in [1.165, 1.54) is 0 Å². The number of hydrogen-bond donors (Lipinski definition) is 1. The van der Waals surface area contributed by atoms with Crippen LogP contribution in [-0.4, -0.2) is 54.5 Å². The van der Waals surface area contributed by atoms with Crippen LogP contribution in [0.1, 0.15) is 54.4 Å². The van der Waals surface area contributed by atoms with Crippen molar-refractivity contribution in [3.8, 4) is 0 Å². The van der Waals surface area contributed by atoms with Gasteiger partial charge in [0.05, 0.1) is 12.2 Å². The normalized spacial score (nSPS) is 20.6. The second-order valence-corrected chi connectivity index (χ2v) is 7.39. The Hall–Kier alpha value is -0.810. The molecule has 1 atom stereocenters. The van der Waals surface area contributed by atoms with Gasteiger partial charge in [-0.25, -0.2) is 4.79 Å². The number of carbonyl (C=O) groups excluding carboxylic acids is 1. The number of likely N-dealkylation sites (tertiary alicyclic amines) is 1. The molecule has 1 rings (SSSR count). The molecule has 0 aromatic carbocycles. The minimum atomic E-state index is -0.443. The molecule has 5 nitrogen and oxygen atoms in total. The Morgan fingerprint density at radius 1 is 1.29 bits per heavy atom. The average molecular weight is 300 g/mol. The minimum Gasteiger partial charge on any atom is -0.444 e. The standard InChI is InChI=1S/C16H32N2O3/c1-7-16(5,6)20-11-10-18-9-8-13(12-18)17-14(19)21-15(2,3)4/h13H,7-12H2,1-6H3,(H,17,19). The molecule has 0 aliphatic carbocycles. The van der Waals surface area contributed by atoms with Gasteiger partial charge in [0.15, 0.2) is 0 Å². The quantitative estimate of drug-likeness (QED) is 0.819. The van der Waals surface area contributed by atoms with Crippen LogP contribution in [0.25, 0.3) is 0 Å². The molecule has 0 radical (unpaired) electrons. The highest BCUT2D eigenvalue weighted by molar-refractivity contribution is 5.68. The van der Waals surface area contributed by atoms with Crippen LogP contribution in [0.4, 0.5) is 4.79 Å². The summed E-state index contributed by atoms with van der Waals surface area (Å²) < 4.78 is 11.2. The number of hydrogen-bond acceptors (Lipinski definition) is 4. The fourth-order valence-electron chi connectivity index (χ4n) is 2.18. The number of amides is 1. The fourth-order valence-corrected chi connectivity index (χ4v) is 2.18. The molecule has 124 valence electrons. The van der Waals surface area contributed by atoms with Crippen molar-refractivity contribution in [3.63, 3.8) is 0 Å². The lowest BCUT2D eigenvalue weighted by molar-refractivity contribution is -0.0270. The summed E-state index contributed by atoms with van der Waals surface area (Å²) in [7, 11) is 0. The van der Waals surface area contributed by atoms with Gasteiger partial charge in [0.2, 0.25) is 0 Å². The summed E-state index contributed by atoms with van der Waals surface area (Å²) >= 11 is 0. The zero-order chi connectivity index (χ0) is 16.1. The topological polar surface area (TPSA) is 50.8 Å². The molecule has 1 N–H and O–H groups in total. The summed E-state index contributed by atoms with van der Waals surface area (Å²) in [4.78, 5) is 14.1. The van der Waals surface area contributed by atoms with Gasteiger partial charge in [0.25, 0.3) is 0 Å². The molecule has 0 bridgehead atoms. The molecule has 1 amide bonds. The van der Waals surface area contributed by atoms with Gasteiger partial charge in [0.1, 0.15) is 5.60 Å². The van der Waals surface area contributed by atoms with Gasteiger partial charge < -0.3 is 14.8 Å². The van der Waals surface area contributed by atoms with Gasteiger partial charge in [-0.3, -0.25) is 4.90 Å². The first-order chi connectivity index (χ1) is 9.61. The van der Waals surface area contributed by atoms with E-state index in [2.05, 4.69) is 31.0 Å². The highest BCUT2D eigenvalue weighted by atomic mass is 16.6. The second-order valence-electron chi connectivity index (χ2n) is 7.39. The van der Waals surface area contributed by atoms with E-state index in [0.717, 1.165) is 39.1 Å². The van der Waals surface area contributed by atoms with Crippen LogP contribution in [0.3, 0.4) is 0 Å². The SMILES string of the molecule is CCC(C)(C)OCCN1CCC(NC(=O)OC(C)(C)C)C1. The Kier molecular flexibility index (Phi) is 6.47. The molecule has 0 saturated carbocycles. The lowest BCUT2D eigenvalue weighted by Gasteiger charge is -2.25. The minimum absolute atomic E-state index is 0.0477. The molecule has 1 aliphatic rings. The Morgan fingerprint density at radius 3 is 2.52 bits per heavy atom. The van der Waals surface area contributed by atoms with Crippen LogP contribution < -0.4 is 5.32 Å². The predicted octanol–water partition coefficient (Wildman–Crippen LogP) is 2.79. The molecule has 1 saturated heterocycles. The van der Waals surface area contributed by atoms with Crippen LogP contribution in [0.2, 0.25) is 0 Å². The van der Waals surface area contributed by atoms with E-state index in [-0.39, 0.29) is 17.7 Å². The maximum Gasteiger partial charge on any atom is 0.407 e. The maximum absolute atomic E-state index is 11.7. The van der Waals surface area contributed by atoms with E-state index in [4.69, 9.17) is 9.47 Å². The molecular weight excluding hydrogens is 268 g/mol. The fraction of sp³-hybridized carbons (Fsp3) is 0.938. The first-order valence-electron chi connectivity index (χ1n) is 7.97. The second kappa shape index (κ2) is 7.45. The van der Waals surface area contributed by atoms with E-state index < -0.39 is 5.60 Å². The molecule has 21 heavy (non-hydrogen) atoms. The monoisotopic (exact) mass is 300 g/mol. The molecule has 0 aromatic heterocycles. The Bertz CT molecular complexity index is 337. The van der Waals surface area contributed by atoms with Crippen LogP contribution in [0.15, 0.2) is 0 Å². The smallest absolute Gasteiger partial charge is 0.407 e. The number of ether oxygens (including phenoxy) is 2. The first-order valence-corrected chi connectivity index (χ1v) is 7.97. The number of nitrogens with zero attached hydrogens (tertiary/aromatic N) is 1. The third-order valence-corrected chi connectivity index (χ3v) is 3.74. The van der Waals surface area contributed by atoms with Gasteiger partial charge in [-0.1, -0.05) is 6.92 Å². The average Bonchev–Trinajstić information content (AvgIpc) is 2.74. The summed E-state index contributed by atoms with van der Waals surface area (Å²) in [5.74, 6) is 0. The van der Waals surface area contributed by atoms with Crippen molar-refractivity contribution in [2.24, 2.45) is 0 Å². The third-order valence-electron chi connectivity index (χ3n) is 3.74. The van der Waals surface area contributed by atoms with Crippen molar-refractivity contribution >= 4 is 6.09 Å². The summed E-state index contributed by atoms with van der Waals surface area (Å²) in [6, 6.07) is 0.180. The lowest BCUT2D eigenvalue weighted by atomic mass is 10.1. The summed E-state index contributed by atoms with van der Waals surface area (Å²) in [5, 5.41) is 2.94. The Labute approximate surface area is 129 Å². The zero-order valence-electron chi connectivity index (χ0n) is 14.5. The van der Waals surface area contributed by atoms with Crippen molar-refractivity contribution < 1.29 is 14.3 Å². The number of carbonyl (C=O) groups is 1. The first kappa shape index (κ1) is 18.2. The van der Waals surface area contributed by atoms with E-state index in [9.17, 15) is 4.79 Å². The highest BCUT2D eigenvalue weighted by Gasteiger charge is 2.26. The zero-order valence-corrected chi connectivity index (χ0v) is 14.5. The van der Waals surface area contributed by atoms with E-state index in [1.54, 1.807) is 0 Å². The van der Waals surface area contributed by atoms with Crippen LogP contribution in [0.5, 0.6) is 0 Å². The van der Waals surface area contributed by atoms with E-state index >= 15 is 0 Å². The molecule has 1 unspecified atom stereocenters.